The number of halogens is 1. The highest BCUT2D eigenvalue weighted by Crippen LogP contribution is 2.58. The number of aryl methyl sites for hydroxylation is 1. The van der Waals surface area contributed by atoms with E-state index in [1.807, 2.05) is 86.6 Å². The summed E-state index contributed by atoms with van der Waals surface area (Å²) in [7, 11) is 0. The smallest absolute Gasteiger partial charge is 0.269 e. The third kappa shape index (κ3) is 2.99. The van der Waals surface area contributed by atoms with Gasteiger partial charge in [-0.05, 0) is 43.7 Å². The predicted octanol–water partition coefficient (Wildman–Crippen LogP) is 5.52. The molecular formula is C25H21ClN2O2S. The Hall–Kier alpha value is -2.76. The van der Waals surface area contributed by atoms with Crippen LogP contribution in [0.15, 0.2) is 72.8 Å². The Morgan fingerprint density at radius 2 is 1.65 bits per heavy atom. The summed E-state index contributed by atoms with van der Waals surface area (Å²) in [5.74, 6) is -0.173. The molecule has 0 saturated carbocycles. The molecule has 2 aliphatic heterocycles. The molecule has 0 N–H and O–H groups in total. The van der Waals surface area contributed by atoms with Crippen molar-refractivity contribution in [3.63, 3.8) is 0 Å². The molecule has 5 rings (SSSR count). The topological polar surface area (TPSA) is 40.6 Å². The van der Waals surface area contributed by atoms with Crippen LogP contribution in [0.1, 0.15) is 23.6 Å². The highest BCUT2D eigenvalue weighted by atomic mass is 35.5. The number of carbonyl (C=O) groups excluding carboxylic acids is 2. The van der Waals surface area contributed by atoms with Gasteiger partial charge in [0.1, 0.15) is 0 Å². The number of nitrogens with zero attached hydrogens (tertiary/aromatic N) is 2. The number of rotatable bonds is 3. The Morgan fingerprint density at radius 3 is 2.39 bits per heavy atom. The Balaban J connectivity index is 1.67. The van der Waals surface area contributed by atoms with Gasteiger partial charge in [0.05, 0.1) is 17.5 Å². The normalized spacial score (nSPS) is 22.5. The van der Waals surface area contributed by atoms with E-state index in [1.54, 1.807) is 9.80 Å². The van der Waals surface area contributed by atoms with E-state index in [0.717, 1.165) is 28.1 Å². The van der Waals surface area contributed by atoms with Crippen LogP contribution >= 0.6 is 23.4 Å². The maximum absolute atomic E-state index is 14.1. The number of amides is 2. The van der Waals surface area contributed by atoms with Crippen molar-refractivity contribution < 1.29 is 9.59 Å². The minimum atomic E-state index is -1.12. The number of para-hydroxylation sites is 1. The number of hydrogen-bond acceptors (Lipinski definition) is 3. The number of hydrogen-bond donors (Lipinski definition) is 0. The van der Waals surface area contributed by atoms with Crippen LogP contribution in [0.25, 0.3) is 0 Å². The first-order valence-corrected chi connectivity index (χ1v) is 11.4. The van der Waals surface area contributed by atoms with Crippen LogP contribution in [0.4, 0.5) is 11.4 Å². The molecule has 2 amide bonds. The third-order valence-electron chi connectivity index (χ3n) is 5.90. The molecule has 0 radical (unpaired) electrons. The van der Waals surface area contributed by atoms with Crippen LogP contribution in [0, 0.1) is 6.92 Å². The first kappa shape index (κ1) is 20.2. The average molecular weight is 449 g/mol. The van der Waals surface area contributed by atoms with E-state index >= 15 is 0 Å². The number of benzene rings is 3. The lowest BCUT2D eigenvalue weighted by Gasteiger charge is -2.33. The molecule has 0 aliphatic carbocycles. The molecule has 156 valence electrons. The second kappa shape index (κ2) is 7.43. The number of carbonyl (C=O) groups is 2. The van der Waals surface area contributed by atoms with Crippen LogP contribution in [-0.2, 0) is 21.0 Å². The van der Waals surface area contributed by atoms with Crippen LogP contribution in [0.5, 0.6) is 0 Å². The minimum Gasteiger partial charge on any atom is -0.304 e. The minimum absolute atomic E-state index is 0.0587. The summed E-state index contributed by atoms with van der Waals surface area (Å²) in [4.78, 5) is 29.8. The Kier molecular flexibility index (Phi) is 4.83. The van der Waals surface area contributed by atoms with Gasteiger partial charge in [-0.25, -0.2) is 0 Å². The van der Waals surface area contributed by atoms with Gasteiger partial charge < -0.3 is 4.90 Å². The molecule has 4 nitrogen and oxygen atoms in total. The van der Waals surface area contributed by atoms with Gasteiger partial charge in [0.2, 0.25) is 10.8 Å². The van der Waals surface area contributed by atoms with Crippen molar-refractivity contribution in [2.24, 2.45) is 0 Å². The lowest BCUT2D eigenvalue weighted by molar-refractivity contribution is -0.124. The molecule has 0 bridgehead atoms. The third-order valence-corrected chi connectivity index (χ3v) is 7.75. The summed E-state index contributed by atoms with van der Waals surface area (Å²) in [5, 5.41) is 0.284. The van der Waals surface area contributed by atoms with Gasteiger partial charge in [-0.2, -0.15) is 0 Å². The van der Waals surface area contributed by atoms with Gasteiger partial charge in [-0.15, -0.1) is 11.8 Å². The molecule has 2 heterocycles. The number of fused-ring (bicyclic) bond motifs is 2. The molecule has 0 aromatic heterocycles. The molecule has 2 atom stereocenters. The van der Waals surface area contributed by atoms with Crippen LogP contribution in [-0.4, -0.2) is 17.1 Å². The SMILES string of the molecule is Cc1ccc(N2C(=O)[C@@H](C)S[C@]23C(=O)N(Cc2ccccc2Cl)c2ccccc23)cc1. The van der Waals surface area contributed by atoms with E-state index in [-0.39, 0.29) is 17.1 Å². The van der Waals surface area contributed by atoms with Crippen molar-refractivity contribution in [3.05, 3.63) is 94.5 Å². The molecular weight excluding hydrogens is 428 g/mol. The Morgan fingerprint density at radius 1 is 0.968 bits per heavy atom. The molecule has 2 aliphatic rings. The Bertz CT molecular complexity index is 1200. The van der Waals surface area contributed by atoms with Crippen molar-refractivity contribution >= 4 is 46.6 Å². The zero-order chi connectivity index (χ0) is 21.8. The van der Waals surface area contributed by atoms with Crippen molar-refractivity contribution in [3.8, 4) is 0 Å². The van der Waals surface area contributed by atoms with E-state index < -0.39 is 4.87 Å². The van der Waals surface area contributed by atoms with E-state index in [4.69, 9.17) is 11.6 Å². The lowest BCUT2D eigenvalue weighted by Crippen LogP contribution is -2.49. The van der Waals surface area contributed by atoms with Crippen molar-refractivity contribution in [1.29, 1.82) is 0 Å². The largest absolute Gasteiger partial charge is 0.304 e. The summed E-state index contributed by atoms with van der Waals surface area (Å²) >= 11 is 7.82. The van der Waals surface area contributed by atoms with E-state index in [1.165, 1.54) is 11.8 Å². The predicted molar refractivity (Wildman–Crippen MR) is 126 cm³/mol. The van der Waals surface area contributed by atoms with Gasteiger partial charge in [0.15, 0.2) is 0 Å². The fourth-order valence-electron chi connectivity index (χ4n) is 4.39. The van der Waals surface area contributed by atoms with Gasteiger partial charge in [-0.1, -0.05) is 65.7 Å². The van der Waals surface area contributed by atoms with Crippen LogP contribution in [0.3, 0.4) is 0 Å². The first-order valence-electron chi connectivity index (χ1n) is 10.2. The number of thioether (sulfide) groups is 1. The van der Waals surface area contributed by atoms with E-state index in [9.17, 15) is 9.59 Å². The molecule has 0 unspecified atom stereocenters. The second-order valence-electron chi connectivity index (χ2n) is 7.91. The van der Waals surface area contributed by atoms with Gasteiger partial charge >= 0.3 is 0 Å². The average Bonchev–Trinajstić information content (AvgIpc) is 3.17. The van der Waals surface area contributed by atoms with Crippen LogP contribution < -0.4 is 9.80 Å². The molecule has 1 spiro atoms. The highest BCUT2D eigenvalue weighted by molar-refractivity contribution is 8.03. The highest BCUT2D eigenvalue weighted by Gasteiger charge is 2.63. The lowest BCUT2D eigenvalue weighted by atomic mass is 10.0. The van der Waals surface area contributed by atoms with Gasteiger partial charge in [0.25, 0.3) is 5.91 Å². The second-order valence-corrected chi connectivity index (χ2v) is 9.85. The van der Waals surface area contributed by atoms with Gasteiger partial charge in [0, 0.05) is 16.3 Å². The maximum atomic E-state index is 14.1. The molecule has 6 heteroatoms. The van der Waals surface area contributed by atoms with E-state index in [2.05, 4.69) is 0 Å². The fraction of sp³-hybridized carbons (Fsp3) is 0.200. The zero-order valence-electron chi connectivity index (χ0n) is 17.2. The summed E-state index contributed by atoms with van der Waals surface area (Å²) in [6, 6.07) is 23.1. The summed E-state index contributed by atoms with van der Waals surface area (Å²) < 4.78 is 0. The summed E-state index contributed by atoms with van der Waals surface area (Å²) in [6.07, 6.45) is 0. The van der Waals surface area contributed by atoms with Crippen molar-refractivity contribution in [2.75, 3.05) is 9.80 Å². The molecule has 1 fully saturated rings. The fourth-order valence-corrected chi connectivity index (χ4v) is 6.11. The molecule has 3 aromatic rings. The number of anilines is 2. The standard InChI is InChI=1S/C25H21ClN2O2S/c1-16-11-13-19(14-12-16)28-23(29)17(2)31-25(28)20-8-4-6-10-22(20)27(24(25)30)15-18-7-3-5-9-21(18)26/h3-14,17H,15H2,1-2H3/t17-,25-/m1/s1. The monoisotopic (exact) mass is 448 g/mol. The Labute approximate surface area is 190 Å². The zero-order valence-corrected chi connectivity index (χ0v) is 18.8. The first-order chi connectivity index (χ1) is 14.9. The molecule has 31 heavy (non-hydrogen) atoms. The molecule has 1 saturated heterocycles. The van der Waals surface area contributed by atoms with Crippen molar-refractivity contribution in [1.82, 2.24) is 0 Å². The van der Waals surface area contributed by atoms with Crippen LogP contribution in [0.2, 0.25) is 5.02 Å². The summed E-state index contributed by atoms with van der Waals surface area (Å²) in [5.41, 5.74) is 4.36. The van der Waals surface area contributed by atoms with Crippen molar-refractivity contribution in [2.45, 2.75) is 30.5 Å². The quantitative estimate of drug-likeness (QED) is 0.530. The summed E-state index contributed by atoms with van der Waals surface area (Å²) in [6.45, 7) is 4.22. The maximum Gasteiger partial charge on any atom is 0.269 e. The molecule has 3 aromatic carbocycles. The van der Waals surface area contributed by atoms with Gasteiger partial charge in [-0.3, -0.25) is 14.5 Å². The van der Waals surface area contributed by atoms with E-state index in [0.29, 0.717) is 11.6 Å².